The van der Waals surface area contributed by atoms with Gasteiger partial charge in [-0.1, -0.05) is 29.8 Å². The number of rotatable bonds is 5. The highest BCUT2D eigenvalue weighted by atomic mass is 35.5. The Balaban J connectivity index is 1.95. The van der Waals surface area contributed by atoms with E-state index in [2.05, 4.69) is 10.6 Å². The van der Waals surface area contributed by atoms with E-state index in [-0.39, 0.29) is 5.56 Å². The zero-order valence-corrected chi connectivity index (χ0v) is 11.7. The Morgan fingerprint density at radius 3 is 2.14 bits per heavy atom. The Morgan fingerprint density at radius 1 is 0.952 bits per heavy atom. The van der Waals surface area contributed by atoms with Crippen LogP contribution < -0.4 is 10.6 Å². The zero-order valence-electron chi connectivity index (χ0n) is 10.9. The summed E-state index contributed by atoms with van der Waals surface area (Å²) in [5.41, 5.74) is 0.420. The van der Waals surface area contributed by atoms with Gasteiger partial charge in [-0.05, 0) is 36.4 Å². The molecular weight excluding hydrogens is 292 g/mol. The summed E-state index contributed by atoms with van der Waals surface area (Å²) in [6, 6.07) is 14.9. The fourth-order valence-corrected chi connectivity index (χ4v) is 1.83. The number of amides is 1. The number of hydrogen-bond acceptors (Lipinski definition) is 3. The number of anilines is 2. The summed E-state index contributed by atoms with van der Waals surface area (Å²) < 4.78 is 0. The number of para-hydroxylation sites is 1. The zero-order chi connectivity index (χ0) is 15.2. The summed E-state index contributed by atoms with van der Waals surface area (Å²) in [5.74, 6) is -1.45. The van der Waals surface area contributed by atoms with Gasteiger partial charge in [0, 0.05) is 11.4 Å². The third kappa shape index (κ3) is 4.22. The monoisotopic (exact) mass is 304 g/mol. The molecule has 2 rings (SSSR count). The van der Waals surface area contributed by atoms with E-state index < -0.39 is 17.4 Å². The molecule has 0 aliphatic heterocycles. The number of aromatic carboxylic acids is 1. The molecule has 21 heavy (non-hydrogen) atoms. The number of alkyl halides is 1. The lowest BCUT2D eigenvalue weighted by atomic mass is 10.2. The van der Waals surface area contributed by atoms with Crippen molar-refractivity contribution < 1.29 is 14.7 Å². The van der Waals surface area contributed by atoms with E-state index in [1.54, 1.807) is 12.1 Å². The Labute approximate surface area is 126 Å². The molecule has 3 N–H and O–H groups in total. The molecule has 0 fully saturated rings. The standard InChI is InChI=1S/C15H13ClN2O3/c16-13(17-11-4-2-1-3-5-11)14(19)18-12-8-6-10(7-9-12)15(20)21/h1-9,13,17H,(H,18,19)(H,20,21). The van der Waals surface area contributed by atoms with Gasteiger partial charge in [0.05, 0.1) is 5.56 Å². The first-order valence-corrected chi connectivity index (χ1v) is 6.60. The summed E-state index contributed by atoms with van der Waals surface area (Å²) in [6.45, 7) is 0. The third-order valence-corrected chi connectivity index (χ3v) is 3.00. The van der Waals surface area contributed by atoms with Gasteiger partial charge in [-0.15, -0.1) is 0 Å². The largest absolute Gasteiger partial charge is 0.478 e. The van der Waals surface area contributed by atoms with E-state index in [0.29, 0.717) is 5.69 Å². The molecule has 108 valence electrons. The van der Waals surface area contributed by atoms with Crippen LogP contribution in [0, 0.1) is 0 Å². The summed E-state index contributed by atoms with van der Waals surface area (Å²) in [7, 11) is 0. The minimum Gasteiger partial charge on any atom is -0.478 e. The average molecular weight is 305 g/mol. The lowest BCUT2D eigenvalue weighted by Gasteiger charge is -2.13. The van der Waals surface area contributed by atoms with Crippen LogP contribution in [-0.4, -0.2) is 22.5 Å². The number of halogens is 1. The van der Waals surface area contributed by atoms with Gasteiger partial charge in [-0.2, -0.15) is 0 Å². The van der Waals surface area contributed by atoms with Gasteiger partial charge < -0.3 is 15.7 Å². The highest BCUT2D eigenvalue weighted by molar-refractivity contribution is 6.33. The quantitative estimate of drug-likeness (QED) is 0.586. The lowest BCUT2D eigenvalue weighted by Crippen LogP contribution is -2.29. The molecule has 6 heteroatoms. The molecule has 0 aromatic heterocycles. The second kappa shape index (κ2) is 6.76. The second-order valence-electron chi connectivity index (χ2n) is 4.24. The number of nitrogens with one attached hydrogen (secondary N) is 2. The average Bonchev–Trinajstić information content (AvgIpc) is 2.48. The highest BCUT2D eigenvalue weighted by Crippen LogP contribution is 2.13. The minimum absolute atomic E-state index is 0.151. The van der Waals surface area contributed by atoms with Crippen LogP contribution in [0.25, 0.3) is 0 Å². The van der Waals surface area contributed by atoms with Crippen molar-refractivity contribution in [2.75, 3.05) is 10.6 Å². The molecule has 1 unspecified atom stereocenters. The van der Waals surface area contributed by atoms with Crippen molar-refractivity contribution in [3.05, 3.63) is 60.2 Å². The minimum atomic E-state index is -1.02. The Morgan fingerprint density at radius 2 is 1.57 bits per heavy atom. The number of benzene rings is 2. The summed E-state index contributed by atoms with van der Waals surface area (Å²) in [6.07, 6.45) is 0. The SMILES string of the molecule is O=C(O)c1ccc(NC(=O)C(Cl)Nc2ccccc2)cc1. The van der Waals surface area contributed by atoms with E-state index in [4.69, 9.17) is 16.7 Å². The first-order valence-electron chi connectivity index (χ1n) is 6.16. The van der Waals surface area contributed by atoms with Crippen molar-refractivity contribution in [3.63, 3.8) is 0 Å². The number of carbonyl (C=O) groups excluding carboxylic acids is 1. The van der Waals surface area contributed by atoms with Gasteiger partial charge in [0.2, 0.25) is 0 Å². The van der Waals surface area contributed by atoms with Gasteiger partial charge in [0.15, 0.2) is 5.50 Å². The maximum Gasteiger partial charge on any atom is 0.335 e. The van der Waals surface area contributed by atoms with Crippen molar-refractivity contribution in [1.82, 2.24) is 0 Å². The fourth-order valence-electron chi connectivity index (χ4n) is 1.65. The molecule has 0 saturated heterocycles. The van der Waals surface area contributed by atoms with Crippen LogP contribution >= 0.6 is 11.6 Å². The third-order valence-electron chi connectivity index (χ3n) is 2.70. The maximum atomic E-state index is 11.9. The molecule has 0 aliphatic rings. The summed E-state index contributed by atoms with van der Waals surface area (Å²) in [4.78, 5) is 22.6. The molecule has 0 bridgehead atoms. The van der Waals surface area contributed by atoms with E-state index >= 15 is 0 Å². The smallest absolute Gasteiger partial charge is 0.335 e. The van der Waals surface area contributed by atoms with Gasteiger partial charge in [-0.3, -0.25) is 4.79 Å². The Hall–Kier alpha value is -2.53. The Bertz CT molecular complexity index is 629. The lowest BCUT2D eigenvalue weighted by molar-refractivity contribution is -0.115. The summed E-state index contributed by atoms with van der Waals surface area (Å²) in [5, 5.41) is 14.2. The first kappa shape index (κ1) is 14.9. The molecular formula is C15H13ClN2O3. The van der Waals surface area contributed by atoms with Gasteiger partial charge in [0.1, 0.15) is 0 Å². The van der Waals surface area contributed by atoms with Crippen LogP contribution in [0.1, 0.15) is 10.4 Å². The Kier molecular flexibility index (Phi) is 4.79. The van der Waals surface area contributed by atoms with Crippen LogP contribution in [0.3, 0.4) is 0 Å². The molecule has 1 amide bonds. The molecule has 0 radical (unpaired) electrons. The predicted molar refractivity (Wildman–Crippen MR) is 81.7 cm³/mol. The molecule has 0 spiro atoms. The number of hydrogen-bond donors (Lipinski definition) is 3. The van der Waals surface area contributed by atoms with Crippen molar-refractivity contribution >= 4 is 34.9 Å². The molecule has 2 aromatic carbocycles. The van der Waals surface area contributed by atoms with Crippen LogP contribution in [-0.2, 0) is 4.79 Å². The molecule has 1 atom stereocenters. The second-order valence-corrected chi connectivity index (χ2v) is 4.68. The molecule has 0 aliphatic carbocycles. The first-order chi connectivity index (χ1) is 10.1. The van der Waals surface area contributed by atoms with E-state index in [1.165, 1.54) is 24.3 Å². The van der Waals surface area contributed by atoms with Crippen LogP contribution in [0.15, 0.2) is 54.6 Å². The van der Waals surface area contributed by atoms with E-state index in [0.717, 1.165) is 5.69 Å². The van der Waals surface area contributed by atoms with Crippen molar-refractivity contribution in [1.29, 1.82) is 0 Å². The van der Waals surface area contributed by atoms with Crippen LogP contribution in [0.5, 0.6) is 0 Å². The normalized spacial score (nSPS) is 11.5. The molecule has 5 nitrogen and oxygen atoms in total. The number of carboxylic acids is 1. The maximum absolute atomic E-state index is 11.9. The van der Waals surface area contributed by atoms with Gasteiger partial charge in [0.25, 0.3) is 5.91 Å². The molecule has 0 saturated carbocycles. The van der Waals surface area contributed by atoms with E-state index in [1.807, 2.05) is 18.2 Å². The highest BCUT2D eigenvalue weighted by Gasteiger charge is 2.15. The topological polar surface area (TPSA) is 78.4 Å². The predicted octanol–water partition coefficient (Wildman–Crippen LogP) is 3.00. The fraction of sp³-hybridized carbons (Fsp3) is 0.0667. The number of carboxylic acid groups (broad SMARTS) is 1. The molecule has 2 aromatic rings. The van der Waals surface area contributed by atoms with Gasteiger partial charge in [-0.25, -0.2) is 4.79 Å². The van der Waals surface area contributed by atoms with Crippen LogP contribution in [0.4, 0.5) is 11.4 Å². The van der Waals surface area contributed by atoms with E-state index in [9.17, 15) is 9.59 Å². The summed E-state index contributed by atoms with van der Waals surface area (Å²) >= 11 is 5.98. The van der Waals surface area contributed by atoms with Crippen molar-refractivity contribution in [3.8, 4) is 0 Å². The van der Waals surface area contributed by atoms with Crippen molar-refractivity contribution in [2.24, 2.45) is 0 Å². The van der Waals surface area contributed by atoms with Crippen LogP contribution in [0.2, 0.25) is 0 Å². The van der Waals surface area contributed by atoms with Gasteiger partial charge >= 0.3 is 5.97 Å². The number of carbonyl (C=O) groups is 2. The van der Waals surface area contributed by atoms with Crippen molar-refractivity contribution in [2.45, 2.75) is 5.50 Å². The molecule has 0 heterocycles.